The first-order valence-corrected chi connectivity index (χ1v) is 7.87. The second-order valence-corrected chi connectivity index (χ2v) is 6.04. The van der Waals surface area contributed by atoms with E-state index in [0.717, 1.165) is 27.6 Å². The molecule has 10 heteroatoms. The van der Waals surface area contributed by atoms with Gasteiger partial charge in [0.05, 0.1) is 28.4 Å². The fraction of sp³-hybridized carbons (Fsp3) is 0.133. The number of fused-ring (bicyclic) bond motifs is 1. The summed E-state index contributed by atoms with van der Waals surface area (Å²) in [5, 5.41) is 13.7. The summed E-state index contributed by atoms with van der Waals surface area (Å²) in [5.41, 5.74) is -0.0668. The average Bonchev–Trinajstić information content (AvgIpc) is 2.97. The highest BCUT2D eigenvalue weighted by molar-refractivity contribution is 7.22. The second kappa shape index (κ2) is 6.69. The van der Waals surface area contributed by atoms with Gasteiger partial charge in [-0.2, -0.15) is 0 Å². The number of ether oxygens (including phenoxy) is 1. The molecule has 9 nitrogen and oxygen atoms in total. The molecule has 1 aromatic carbocycles. The van der Waals surface area contributed by atoms with E-state index in [4.69, 9.17) is 4.74 Å². The quantitative estimate of drug-likeness (QED) is 0.549. The molecule has 3 aromatic rings. The number of nitrogens with zero attached hydrogens (tertiary/aromatic N) is 3. The molecule has 0 atom stereocenters. The van der Waals surface area contributed by atoms with Crippen LogP contribution in [0.5, 0.6) is 5.75 Å². The van der Waals surface area contributed by atoms with Gasteiger partial charge in [0.1, 0.15) is 12.3 Å². The molecule has 0 radical (unpaired) electrons. The topological polar surface area (TPSA) is 116 Å². The lowest BCUT2D eigenvalue weighted by atomic mass is 10.3. The van der Waals surface area contributed by atoms with Crippen LogP contribution >= 0.6 is 11.3 Å². The first-order chi connectivity index (χ1) is 12.0. The van der Waals surface area contributed by atoms with Crippen LogP contribution in [0, 0.1) is 10.1 Å². The third kappa shape index (κ3) is 3.63. The summed E-state index contributed by atoms with van der Waals surface area (Å²) in [6.45, 7) is -0.347. The molecule has 0 bridgehead atoms. The standard InChI is InChI=1S/C15H12N4O5S/c1-24-10-3-4-11-12(6-10)25-15(16-11)17-13(20)8-18-7-9(19(22)23)2-5-14(18)21/h2-7H,8H2,1H3,(H,16,17,20). The number of nitrogens with one attached hydrogen (secondary N) is 1. The van der Waals surface area contributed by atoms with E-state index in [9.17, 15) is 19.7 Å². The normalized spacial score (nSPS) is 10.6. The van der Waals surface area contributed by atoms with Gasteiger partial charge in [-0.1, -0.05) is 11.3 Å². The Hall–Kier alpha value is -3.27. The van der Waals surface area contributed by atoms with Crippen molar-refractivity contribution in [3.05, 3.63) is 57.0 Å². The average molecular weight is 360 g/mol. The van der Waals surface area contributed by atoms with Crippen LogP contribution in [0.1, 0.15) is 0 Å². The minimum absolute atomic E-state index is 0.264. The van der Waals surface area contributed by atoms with E-state index >= 15 is 0 Å². The molecule has 0 saturated heterocycles. The van der Waals surface area contributed by atoms with Crippen molar-refractivity contribution in [2.75, 3.05) is 12.4 Å². The zero-order valence-electron chi connectivity index (χ0n) is 13.0. The monoisotopic (exact) mass is 360 g/mol. The van der Waals surface area contributed by atoms with Crippen molar-refractivity contribution in [3.8, 4) is 5.75 Å². The Morgan fingerprint density at radius 2 is 2.20 bits per heavy atom. The van der Waals surface area contributed by atoms with E-state index < -0.39 is 16.4 Å². The molecule has 25 heavy (non-hydrogen) atoms. The van der Waals surface area contributed by atoms with E-state index in [1.54, 1.807) is 25.3 Å². The number of carbonyl (C=O) groups excluding carboxylic acids is 1. The minimum Gasteiger partial charge on any atom is -0.497 e. The van der Waals surface area contributed by atoms with Crippen LogP contribution in [-0.4, -0.2) is 27.5 Å². The molecule has 1 N–H and O–H groups in total. The van der Waals surface area contributed by atoms with Crippen molar-refractivity contribution in [2.24, 2.45) is 0 Å². The van der Waals surface area contributed by atoms with Crippen LogP contribution in [-0.2, 0) is 11.3 Å². The van der Waals surface area contributed by atoms with Crippen molar-refractivity contribution < 1.29 is 14.5 Å². The highest BCUT2D eigenvalue weighted by Gasteiger charge is 2.12. The molecule has 2 heterocycles. The van der Waals surface area contributed by atoms with Crippen LogP contribution in [0.3, 0.4) is 0 Å². The van der Waals surface area contributed by atoms with Gasteiger partial charge in [-0.05, 0) is 18.2 Å². The highest BCUT2D eigenvalue weighted by atomic mass is 32.1. The largest absolute Gasteiger partial charge is 0.497 e. The number of amides is 1. The van der Waals surface area contributed by atoms with Crippen molar-refractivity contribution >= 4 is 38.3 Å². The molecule has 0 aliphatic carbocycles. The number of thiazole rings is 1. The Bertz CT molecular complexity index is 1030. The van der Waals surface area contributed by atoms with E-state index in [2.05, 4.69) is 10.3 Å². The van der Waals surface area contributed by atoms with Crippen LogP contribution < -0.4 is 15.6 Å². The van der Waals surface area contributed by atoms with Gasteiger partial charge in [0.15, 0.2) is 5.13 Å². The zero-order valence-corrected chi connectivity index (χ0v) is 13.8. The Morgan fingerprint density at radius 1 is 1.40 bits per heavy atom. The third-order valence-electron chi connectivity index (χ3n) is 3.33. The molecule has 0 saturated carbocycles. The number of hydrogen-bond acceptors (Lipinski definition) is 7. The van der Waals surface area contributed by atoms with E-state index in [1.807, 2.05) is 0 Å². The Morgan fingerprint density at radius 3 is 2.92 bits per heavy atom. The van der Waals surface area contributed by atoms with Crippen LogP contribution in [0.4, 0.5) is 10.8 Å². The minimum atomic E-state index is -0.630. The molecular weight excluding hydrogens is 348 g/mol. The predicted octanol–water partition coefficient (Wildman–Crippen LogP) is 2.01. The molecule has 3 rings (SSSR count). The van der Waals surface area contributed by atoms with Crippen molar-refractivity contribution in [1.29, 1.82) is 0 Å². The van der Waals surface area contributed by atoms with Crippen LogP contribution in [0.2, 0.25) is 0 Å². The van der Waals surface area contributed by atoms with Gasteiger partial charge in [-0.15, -0.1) is 0 Å². The Labute approximate surface area is 144 Å². The van der Waals surface area contributed by atoms with E-state index in [-0.39, 0.29) is 12.2 Å². The molecule has 0 unspecified atom stereocenters. The lowest BCUT2D eigenvalue weighted by Gasteiger charge is -2.04. The highest BCUT2D eigenvalue weighted by Crippen LogP contribution is 2.29. The van der Waals surface area contributed by atoms with Crippen LogP contribution in [0.15, 0.2) is 41.3 Å². The Balaban J connectivity index is 1.78. The van der Waals surface area contributed by atoms with E-state index in [0.29, 0.717) is 16.4 Å². The smallest absolute Gasteiger partial charge is 0.285 e. The molecular formula is C15H12N4O5S. The molecule has 0 spiro atoms. The number of methoxy groups -OCH3 is 1. The maximum absolute atomic E-state index is 12.1. The number of anilines is 1. The SMILES string of the molecule is COc1ccc2nc(NC(=O)Cn3cc([N+](=O)[O-])ccc3=O)sc2c1. The summed E-state index contributed by atoms with van der Waals surface area (Å²) in [4.78, 5) is 38.3. The first-order valence-electron chi connectivity index (χ1n) is 7.05. The number of rotatable bonds is 5. The van der Waals surface area contributed by atoms with Crippen LogP contribution in [0.25, 0.3) is 10.2 Å². The maximum atomic E-state index is 12.1. The zero-order chi connectivity index (χ0) is 18.0. The fourth-order valence-corrected chi connectivity index (χ4v) is 3.06. The summed E-state index contributed by atoms with van der Waals surface area (Å²) in [5.74, 6) is 0.172. The van der Waals surface area contributed by atoms with Gasteiger partial charge in [0, 0.05) is 12.1 Å². The lowest BCUT2D eigenvalue weighted by molar-refractivity contribution is -0.385. The molecule has 0 aliphatic heterocycles. The number of pyridine rings is 1. The summed E-state index contributed by atoms with van der Waals surface area (Å²) < 4.78 is 6.95. The second-order valence-electron chi connectivity index (χ2n) is 5.01. The van der Waals surface area contributed by atoms with Crippen molar-refractivity contribution in [2.45, 2.75) is 6.54 Å². The number of carbonyl (C=O) groups is 1. The van der Waals surface area contributed by atoms with Crippen molar-refractivity contribution in [1.82, 2.24) is 9.55 Å². The molecule has 0 aliphatic rings. The van der Waals surface area contributed by atoms with Gasteiger partial charge >= 0.3 is 0 Å². The molecule has 0 fully saturated rings. The Kier molecular flexibility index (Phi) is 4.44. The third-order valence-corrected chi connectivity index (χ3v) is 4.27. The van der Waals surface area contributed by atoms with E-state index in [1.165, 1.54) is 11.3 Å². The van der Waals surface area contributed by atoms with Gasteiger partial charge < -0.3 is 10.1 Å². The summed E-state index contributed by atoms with van der Waals surface area (Å²) in [7, 11) is 1.56. The van der Waals surface area contributed by atoms with Gasteiger partial charge in [0.25, 0.3) is 11.2 Å². The lowest BCUT2D eigenvalue weighted by Crippen LogP contribution is -2.26. The summed E-state index contributed by atoms with van der Waals surface area (Å²) in [6.07, 6.45) is 1.03. The summed E-state index contributed by atoms with van der Waals surface area (Å²) >= 11 is 1.26. The number of benzene rings is 1. The summed E-state index contributed by atoms with van der Waals surface area (Å²) in [6, 6.07) is 7.47. The number of hydrogen-bond donors (Lipinski definition) is 1. The van der Waals surface area contributed by atoms with Crippen molar-refractivity contribution in [3.63, 3.8) is 0 Å². The molecule has 128 valence electrons. The maximum Gasteiger partial charge on any atom is 0.285 e. The molecule has 2 aromatic heterocycles. The first kappa shape index (κ1) is 16.6. The number of aromatic nitrogens is 2. The van der Waals surface area contributed by atoms with Gasteiger partial charge in [-0.3, -0.25) is 24.3 Å². The van der Waals surface area contributed by atoms with Gasteiger partial charge in [-0.25, -0.2) is 4.98 Å². The van der Waals surface area contributed by atoms with Gasteiger partial charge in [0.2, 0.25) is 5.91 Å². The number of nitro groups is 1. The molecule has 1 amide bonds. The predicted molar refractivity (Wildman–Crippen MR) is 92.2 cm³/mol. The fourth-order valence-electron chi connectivity index (χ4n) is 2.15.